The summed E-state index contributed by atoms with van der Waals surface area (Å²) in [6.07, 6.45) is -1.57. The molecule has 0 saturated carbocycles. The maximum Gasteiger partial charge on any atom is 0.261 e. The van der Waals surface area contributed by atoms with Gasteiger partial charge in [0.05, 0.1) is 6.26 Å². The largest absolute Gasteiger partial charge is 0.362 e. The van der Waals surface area contributed by atoms with Crippen molar-refractivity contribution < 1.29 is 26.9 Å². The lowest BCUT2D eigenvalue weighted by molar-refractivity contribution is 0.0200. The van der Waals surface area contributed by atoms with Gasteiger partial charge in [-0.05, 0) is 0 Å². The van der Waals surface area contributed by atoms with Crippen LogP contribution in [0.4, 0.5) is 8.78 Å². The number of hydrogen-bond donors (Lipinski definition) is 2. The van der Waals surface area contributed by atoms with E-state index >= 15 is 0 Å². The van der Waals surface area contributed by atoms with Gasteiger partial charge < -0.3 is 5.11 Å². The molecule has 0 rings (SSSR count). The minimum atomic E-state index is -3.67. The smallest absolute Gasteiger partial charge is 0.261 e. The lowest BCUT2D eigenvalue weighted by Crippen LogP contribution is -1.96. The molecule has 0 radical (unpaired) electrons. The second-order valence-electron chi connectivity index (χ2n) is 1.32. The van der Waals surface area contributed by atoms with E-state index in [2.05, 4.69) is 0 Å². The number of halogens is 2. The Morgan fingerprint density at radius 1 is 1.60 bits per heavy atom. The van der Waals surface area contributed by atoms with E-state index in [4.69, 9.17) is 9.66 Å². The Morgan fingerprint density at radius 2 is 1.70 bits per heavy atom. The zero-order valence-electron chi connectivity index (χ0n) is 5.16. The lowest BCUT2D eigenvalue weighted by Gasteiger charge is -1.82. The normalized spacial score (nSPS) is 13.3. The molecule has 0 saturated heterocycles. The zero-order chi connectivity index (χ0) is 8.78. The molecule has 0 aromatic rings. The van der Waals surface area contributed by atoms with E-state index < -0.39 is 23.2 Å². The Labute approximate surface area is 57.2 Å². The van der Waals surface area contributed by atoms with Crippen LogP contribution >= 0.6 is 0 Å². The highest BCUT2D eigenvalue weighted by Gasteiger charge is 1.91. The van der Waals surface area contributed by atoms with E-state index in [1.165, 1.54) is 0 Å². The first kappa shape index (κ1) is 12.4. The standard InChI is InChI=1S/C2H4F2O.CH4O3S/c3-1-2(4)5;1-5(2,3)4/h2,5H,1H2;1H3,(H,2,3,4). The van der Waals surface area contributed by atoms with Crippen molar-refractivity contribution in [3.63, 3.8) is 0 Å². The third-order valence-electron chi connectivity index (χ3n) is 0.127. The van der Waals surface area contributed by atoms with Gasteiger partial charge in [-0.3, -0.25) is 4.55 Å². The van der Waals surface area contributed by atoms with Crippen LogP contribution in [0.5, 0.6) is 0 Å². The monoisotopic (exact) mass is 178 g/mol. The van der Waals surface area contributed by atoms with Gasteiger partial charge >= 0.3 is 0 Å². The SMILES string of the molecule is CS(=O)(=O)O.OC(F)CF. The van der Waals surface area contributed by atoms with Gasteiger partial charge in [0, 0.05) is 0 Å². The van der Waals surface area contributed by atoms with Crippen molar-refractivity contribution in [2.75, 3.05) is 12.9 Å². The second kappa shape index (κ2) is 5.51. The molecular weight excluding hydrogens is 170 g/mol. The van der Waals surface area contributed by atoms with Gasteiger partial charge in [0.2, 0.25) is 6.36 Å². The molecule has 1 atom stereocenters. The average molecular weight is 178 g/mol. The maximum absolute atomic E-state index is 10.6. The topological polar surface area (TPSA) is 74.6 Å². The Bertz CT molecular complexity index is 144. The fourth-order valence-corrected chi connectivity index (χ4v) is 0. The van der Waals surface area contributed by atoms with Crippen molar-refractivity contribution in [2.45, 2.75) is 6.36 Å². The highest BCUT2D eigenvalue weighted by Crippen LogP contribution is 1.79. The summed E-state index contributed by atoms with van der Waals surface area (Å²) in [4.78, 5) is 0. The Balaban J connectivity index is 0. The van der Waals surface area contributed by atoms with E-state index in [9.17, 15) is 17.2 Å². The van der Waals surface area contributed by atoms with Crippen LogP contribution in [-0.4, -0.2) is 37.4 Å². The molecule has 0 aromatic heterocycles. The predicted octanol–water partition coefficient (Wildman–Crippen LogP) is -0.252. The van der Waals surface area contributed by atoms with Crippen LogP contribution in [0.1, 0.15) is 0 Å². The van der Waals surface area contributed by atoms with Crippen molar-refractivity contribution in [3.05, 3.63) is 0 Å². The number of aliphatic hydroxyl groups is 1. The molecule has 7 heteroatoms. The van der Waals surface area contributed by atoms with Crippen molar-refractivity contribution in [1.82, 2.24) is 0 Å². The molecule has 1 unspecified atom stereocenters. The highest BCUT2D eigenvalue weighted by molar-refractivity contribution is 7.85. The van der Waals surface area contributed by atoms with Crippen LogP contribution in [0.2, 0.25) is 0 Å². The summed E-state index contributed by atoms with van der Waals surface area (Å²) in [5.41, 5.74) is 0. The van der Waals surface area contributed by atoms with E-state index in [0.29, 0.717) is 6.26 Å². The Morgan fingerprint density at radius 3 is 1.70 bits per heavy atom. The van der Waals surface area contributed by atoms with Crippen LogP contribution in [0.15, 0.2) is 0 Å². The third-order valence-corrected chi connectivity index (χ3v) is 0.127. The van der Waals surface area contributed by atoms with E-state index in [1.54, 1.807) is 0 Å². The molecule has 0 amide bonds. The fourth-order valence-electron chi connectivity index (χ4n) is 0. The van der Waals surface area contributed by atoms with E-state index in [0.717, 1.165) is 0 Å². The van der Waals surface area contributed by atoms with Gasteiger partial charge in [-0.1, -0.05) is 0 Å². The molecule has 2 N–H and O–H groups in total. The summed E-state index contributed by atoms with van der Waals surface area (Å²) < 4.78 is 47.0. The zero-order valence-corrected chi connectivity index (χ0v) is 5.98. The number of aliphatic hydroxyl groups excluding tert-OH is 1. The van der Waals surface area contributed by atoms with E-state index in [1.807, 2.05) is 0 Å². The van der Waals surface area contributed by atoms with Crippen molar-refractivity contribution >= 4 is 10.1 Å². The molecule has 0 aromatic carbocycles. The molecule has 0 fully saturated rings. The van der Waals surface area contributed by atoms with Crippen molar-refractivity contribution in [1.29, 1.82) is 0 Å². The number of rotatable bonds is 1. The van der Waals surface area contributed by atoms with Gasteiger partial charge in [-0.25, -0.2) is 8.78 Å². The predicted molar refractivity (Wildman–Crippen MR) is 30.6 cm³/mol. The number of alkyl halides is 2. The molecule has 0 spiro atoms. The van der Waals surface area contributed by atoms with Crippen molar-refractivity contribution in [3.8, 4) is 0 Å². The van der Waals surface area contributed by atoms with Crippen molar-refractivity contribution in [2.24, 2.45) is 0 Å². The van der Waals surface area contributed by atoms with Crippen LogP contribution in [0.3, 0.4) is 0 Å². The van der Waals surface area contributed by atoms with Crippen LogP contribution in [-0.2, 0) is 10.1 Å². The number of hydrogen-bond acceptors (Lipinski definition) is 3. The molecule has 0 bridgehead atoms. The molecule has 0 heterocycles. The third kappa shape index (κ3) is 117. The van der Waals surface area contributed by atoms with E-state index in [-0.39, 0.29) is 0 Å². The summed E-state index contributed by atoms with van der Waals surface area (Å²) in [7, 11) is -3.67. The first-order valence-corrected chi connectivity index (χ1v) is 3.92. The van der Waals surface area contributed by atoms with Crippen LogP contribution in [0.25, 0.3) is 0 Å². The molecule has 0 aliphatic rings. The minimum Gasteiger partial charge on any atom is -0.362 e. The van der Waals surface area contributed by atoms with Gasteiger partial charge in [-0.2, -0.15) is 8.42 Å². The average Bonchev–Trinajstić information content (AvgIpc) is 1.61. The maximum atomic E-state index is 10.6. The molecule has 4 nitrogen and oxygen atoms in total. The molecular formula is C3H8F2O4S. The summed E-state index contributed by atoms with van der Waals surface area (Å²) in [5, 5.41) is 7.32. The van der Waals surface area contributed by atoms with Gasteiger partial charge in [0.25, 0.3) is 10.1 Å². The van der Waals surface area contributed by atoms with Crippen LogP contribution in [0, 0.1) is 0 Å². The summed E-state index contributed by atoms with van der Waals surface area (Å²) >= 11 is 0. The fraction of sp³-hybridized carbons (Fsp3) is 1.00. The first-order valence-electron chi connectivity index (χ1n) is 2.08. The molecule has 0 aliphatic heterocycles. The highest BCUT2D eigenvalue weighted by atomic mass is 32.2. The molecule has 10 heavy (non-hydrogen) atoms. The quantitative estimate of drug-likeness (QED) is 0.543. The Kier molecular flexibility index (Phi) is 6.84. The van der Waals surface area contributed by atoms with Gasteiger partial charge in [-0.15, -0.1) is 0 Å². The second-order valence-corrected chi connectivity index (χ2v) is 2.79. The lowest BCUT2D eigenvalue weighted by atomic mass is 10.8. The summed E-state index contributed by atoms with van der Waals surface area (Å²) in [6, 6.07) is 0. The molecule has 0 aliphatic carbocycles. The van der Waals surface area contributed by atoms with Gasteiger partial charge in [0.15, 0.2) is 0 Å². The summed E-state index contributed by atoms with van der Waals surface area (Å²) in [6.45, 7) is -1.31. The van der Waals surface area contributed by atoms with Crippen LogP contribution < -0.4 is 0 Å². The minimum absolute atomic E-state index is 0.715. The first-order chi connectivity index (χ1) is 4.27. The van der Waals surface area contributed by atoms with Gasteiger partial charge in [0.1, 0.15) is 6.67 Å². The molecule has 64 valence electrons. The summed E-state index contributed by atoms with van der Waals surface area (Å²) in [5.74, 6) is 0. The Hall–Kier alpha value is -0.270.